The van der Waals surface area contributed by atoms with Crippen molar-refractivity contribution in [2.24, 2.45) is 0 Å². The summed E-state index contributed by atoms with van der Waals surface area (Å²) in [6, 6.07) is 10.1. The van der Waals surface area contributed by atoms with Crippen molar-refractivity contribution in [3.8, 4) is 0 Å². The van der Waals surface area contributed by atoms with Crippen LogP contribution in [0.25, 0.3) is 0 Å². The Morgan fingerprint density at radius 1 is 1.22 bits per heavy atom. The monoisotopic (exact) mass is 238 g/mol. The summed E-state index contributed by atoms with van der Waals surface area (Å²) in [7, 11) is 0. The second kappa shape index (κ2) is 4.65. The molecule has 0 saturated heterocycles. The summed E-state index contributed by atoms with van der Waals surface area (Å²) in [6.45, 7) is 0.675. The lowest BCUT2D eigenvalue weighted by Crippen LogP contribution is -2.03. The van der Waals surface area contributed by atoms with Crippen LogP contribution < -0.4 is 0 Å². The van der Waals surface area contributed by atoms with Crippen LogP contribution in [0.2, 0.25) is 0 Å². The van der Waals surface area contributed by atoms with Gasteiger partial charge >= 0.3 is 0 Å². The van der Waals surface area contributed by atoms with Gasteiger partial charge in [0.05, 0.1) is 6.61 Å². The normalized spacial score (nSPS) is 20.2. The maximum Gasteiger partial charge on any atom is 0.189 e. The van der Waals surface area contributed by atoms with Crippen molar-refractivity contribution in [1.82, 2.24) is 0 Å². The second-order valence-electron chi connectivity index (χ2n) is 4.44. The minimum Gasteiger partial charge on any atom is -0.492 e. The van der Waals surface area contributed by atoms with Crippen molar-refractivity contribution in [2.75, 3.05) is 6.61 Å². The van der Waals surface area contributed by atoms with Crippen LogP contribution in [0.4, 0.5) is 0 Å². The first-order chi connectivity index (χ1) is 8.84. The fourth-order valence-electron chi connectivity index (χ4n) is 2.29. The molecule has 0 radical (unpaired) electrons. The summed E-state index contributed by atoms with van der Waals surface area (Å²) >= 11 is 0. The zero-order chi connectivity index (χ0) is 12.4. The molecule has 1 aromatic carbocycles. The molecule has 0 atom stereocenters. The van der Waals surface area contributed by atoms with Gasteiger partial charge in [0, 0.05) is 23.6 Å². The molecular formula is C16H14O2. The lowest BCUT2D eigenvalue weighted by molar-refractivity contribution is -0.110. The highest BCUT2D eigenvalue weighted by Crippen LogP contribution is 2.32. The van der Waals surface area contributed by atoms with E-state index in [4.69, 9.17) is 4.74 Å². The summed E-state index contributed by atoms with van der Waals surface area (Å²) in [6.07, 6.45) is 7.35. The van der Waals surface area contributed by atoms with Gasteiger partial charge in [-0.2, -0.15) is 0 Å². The number of carbonyl (C=O) groups is 1. The smallest absolute Gasteiger partial charge is 0.189 e. The Bertz CT molecular complexity index is 562. The first kappa shape index (κ1) is 11.0. The van der Waals surface area contributed by atoms with E-state index in [1.54, 1.807) is 6.08 Å². The van der Waals surface area contributed by atoms with Gasteiger partial charge in [0.2, 0.25) is 0 Å². The molecule has 0 aromatic heterocycles. The number of ketones is 1. The summed E-state index contributed by atoms with van der Waals surface area (Å²) in [5.74, 6) is 0.805. The number of allylic oxidation sites excluding steroid dienone is 3. The quantitative estimate of drug-likeness (QED) is 0.740. The first-order valence-electron chi connectivity index (χ1n) is 6.18. The molecule has 0 spiro atoms. The Balaban J connectivity index is 1.85. The molecular weight excluding hydrogens is 224 g/mol. The Hall–Kier alpha value is -2.09. The van der Waals surface area contributed by atoms with Gasteiger partial charge in [-0.3, -0.25) is 4.79 Å². The summed E-state index contributed by atoms with van der Waals surface area (Å²) in [5.41, 5.74) is 2.97. The van der Waals surface area contributed by atoms with Crippen LogP contribution in [-0.2, 0) is 16.0 Å². The van der Waals surface area contributed by atoms with Gasteiger partial charge in [0.25, 0.3) is 0 Å². The topological polar surface area (TPSA) is 26.3 Å². The third-order valence-electron chi connectivity index (χ3n) is 3.19. The summed E-state index contributed by atoms with van der Waals surface area (Å²) < 4.78 is 5.49. The third-order valence-corrected chi connectivity index (χ3v) is 3.19. The van der Waals surface area contributed by atoms with Crippen LogP contribution in [0.1, 0.15) is 12.0 Å². The van der Waals surface area contributed by atoms with Gasteiger partial charge in [0.15, 0.2) is 5.78 Å². The molecule has 1 aliphatic carbocycles. The molecule has 2 nitrogen and oxygen atoms in total. The van der Waals surface area contributed by atoms with E-state index in [-0.39, 0.29) is 5.78 Å². The lowest BCUT2D eigenvalue weighted by Gasteiger charge is -2.13. The average Bonchev–Trinajstić information content (AvgIpc) is 2.73. The molecule has 1 aromatic rings. The molecule has 0 N–H and O–H groups in total. The lowest BCUT2D eigenvalue weighted by atomic mass is 10.0. The molecule has 90 valence electrons. The molecule has 2 aliphatic rings. The number of rotatable bonds is 2. The van der Waals surface area contributed by atoms with Crippen LogP contribution in [0.15, 0.2) is 65.5 Å². The Labute approximate surface area is 106 Å². The van der Waals surface area contributed by atoms with Crippen molar-refractivity contribution in [3.63, 3.8) is 0 Å². The van der Waals surface area contributed by atoms with Crippen LogP contribution >= 0.6 is 0 Å². The standard InChI is InChI=1S/C16H14O2/c17-15-11-16-14(7-4-10-18-16)13(15)9-8-12-5-2-1-3-6-12/h1-3,5-7,9,11H,4,8,10H2/b13-9-. The number of hydrogen-bond acceptors (Lipinski definition) is 2. The minimum atomic E-state index is 0.0640. The van der Waals surface area contributed by atoms with Crippen LogP contribution in [-0.4, -0.2) is 12.4 Å². The van der Waals surface area contributed by atoms with E-state index in [1.165, 1.54) is 5.56 Å². The maximum absolute atomic E-state index is 11.9. The highest BCUT2D eigenvalue weighted by atomic mass is 16.5. The fourth-order valence-corrected chi connectivity index (χ4v) is 2.29. The summed E-state index contributed by atoms with van der Waals surface area (Å²) in [5, 5.41) is 0. The zero-order valence-electron chi connectivity index (χ0n) is 10.1. The number of benzene rings is 1. The third kappa shape index (κ3) is 2.02. The molecule has 0 bridgehead atoms. The van der Waals surface area contributed by atoms with Crippen molar-refractivity contribution in [3.05, 3.63) is 71.0 Å². The Morgan fingerprint density at radius 3 is 2.89 bits per heavy atom. The number of ether oxygens (including phenoxy) is 1. The van der Waals surface area contributed by atoms with Crippen LogP contribution in [0.5, 0.6) is 0 Å². The molecule has 2 heteroatoms. The van der Waals surface area contributed by atoms with Gasteiger partial charge < -0.3 is 4.74 Å². The second-order valence-corrected chi connectivity index (χ2v) is 4.44. The van der Waals surface area contributed by atoms with E-state index in [1.807, 2.05) is 24.3 Å². The molecule has 3 rings (SSSR count). The van der Waals surface area contributed by atoms with Gasteiger partial charge in [-0.15, -0.1) is 0 Å². The highest BCUT2D eigenvalue weighted by molar-refractivity contribution is 6.12. The van der Waals surface area contributed by atoms with E-state index >= 15 is 0 Å². The van der Waals surface area contributed by atoms with Gasteiger partial charge in [-0.1, -0.05) is 42.5 Å². The predicted octanol–water partition coefficient (Wildman–Crippen LogP) is 2.97. The molecule has 18 heavy (non-hydrogen) atoms. The van der Waals surface area contributed by atoms with Gasteiger partial charge in [-0.25, -0.2) is 0 Å². The van der Waals surface area contributed by atoms with Gasteiger partial charge in [-0.05, 0) is 12.0 Å². The van der Waals surface area contributed by atoms with E-state index in [0.717, 1.165) is 29.7 Å². The van der Waals surface area contributed by atoms with Crippen LogP contribution in [0, 0.1) is 0 Å². The zero-order valence-corrected chi connectivity index (χ0v) is 10.1. The predicted molar refractivity (Wildman–Crippen MR) is 70.0 cm³/mol. The largest absolute Gasteiger partial charge is 0.492 e. The highest BCUT2D eigenvalue weighted by Gasteiger charge is 2.27. The molecule has 0 unspecified atom stereocenters. The number of fused-ring (bicyclic) bond motifs is 1. The molecule has 1 aliphatic heterocycles. The average molecular weight is 238 g/mol. The van der Waals surface area contributed by atoms with Crippen molar-refractivity contribution in [2.45, 2.75) is 12.8 Å². The number of carbonyl (C=O) groups excluding carboxylic acids is 1. The molecule has 0 fully saturated rings. The van der Waals surface area contributed by atoms with E-state index < -0.39 is 0 Å². The first-order valence-corrected chi connectivity index (χ1v) is 6.18. The maximum atomic E-state index is 11.9. The van der Waals surface area contributed by atoms with Gasteiger partial charge in [0.1, 0.15) is 5.76 Å². The van der Waals surface area contributed by atoms with Crippen molar-refractivity contribution >= 4 is 5.78 Å². The van der Waals surface area contributed by atoms with E-state index in [9.17, 15) is 4.79 Å². The van der Waals surface area contributed by atoms with Crippen molar-refractivity contribution < 1.29 is 9.53 Å². The molecule has 0 amide bonds. The van der Waals surface area contributed by atoms with E-state index in [0.29, 0.717) is 6.61 Å². The SMILES string of the molecule is O=C1C=C2OCCC=C2/C1=C/Cc1ccccc1. The molecule has 1 heterocycles. The molecule has 0 saturated carbocycles. The van der Waals surface area contributed by atoms with E-state index in [2.05, 4.69) is 18.2 Å². The Morgan fingerprint density at radius 2 is 2.06 bits per heavy atom. The van der Waals surface area contributed by atoms with Crippen molar-refractivity contribution in [1.29, 1.82) is 0 Å². The van der Waals surface area contributed by atoms with Crippen LogP contribution in [0.3, 0.4) is 0 Å². The summed E-state index contributed by atoms with van der Waals surface area (Å²) in [4.78, 5) is 11.9. The number of hydrogen-bond donors (Lipinski definition) is 0. The Kier molecular flexibility index (Phi) is 2.85. The fraction of sp³-hybridized carbons (Fsp3) is 0.188. The minimum absolute atomic E-state index is 0.0640.